The standard InChI is InChI=1S/C40H40N2O4/c1-2-6-10-26-44-34-16-14-18-36-38(34)32-24-22-30-20-19-29-21-23-31(41-39(29)40(30)42-32)37-33(43-25-9-5-1)15-13-17-35(37)45-27-11-7-3-4-8-12-28-46-36/h1-4,13-24H,5-12,25-28H2/b2-1-,4-3-. The van der Waals surface area contributed by atoms with E-state index in [9.17, 15) is 0 Å². The van der Waals surface area contributed by atoms with Gasteiger partial charge in [0.1, 0.15) is 23.0 Å². The average molecular weight is 613 g/mol. The molecule has 0 fully saturated rings. The molecule has 4 heterocycles. The molecule has 0 N–H and O–H groups in total. The maximum atomic E-state index is 6.42. The number of pyridine rings is 2. The zero-order valence-corrected chi connectivity index (χ0v) is 26.3. The van der Waals surface area contributed by atoms with Gasteiger partial charge in [-0.15, -0.1) is 0 Å². The van der Waals surface area contributed by atoms with Crippen molar-refractivity contribution in [2.24, 2.45) is 0 Å². The number of allylic oxidation sites excluding steroid dienone is 4. The van der Waals surface area contributed by atoms with Gasteiger partial charge in [-0.1, -0.05) is 60.7 Å². The molecular weight excluding hydrogens is 572 g/mol. The van der Waals surface area contributed by atoms with Crippen LogP contribution in [0.15, 0.2) is 97.1 Å². The van der Waals surface area contributed by atoms with E-state index in [0.717, 1.165) is 119 Å². The molecule has 2 aliphatic rings. The molecule has 7 rings (SSSR count). The summed E-state index contributed by atoms with van der Waals surface area (Å²) in [6.07, 6.45) is 16.5. The van der Waals surface area contributed by atoms with Crippen molar-refractivity contribution >= 4 is 21.8 Å². The molecule has 6 nitrogen and oxygen atoms in total. The van der Waals surface area contributed by atoms with Gasteiger partial charge in [0.05, 0.1) is 60.0 Å². The molecule has 0 radical (unpaired) electrons. The molecule has 0 unspecified atom stereocenters. The Morgan fingerprint density at radius 2 is 0.717 bits per heavy atom. The largest absolute Gasteiger partial charge is 0.493 e. The van der Waals surface area contributed by atoms with Crippen LogP contribution >= 0.6 is 0 Å². The van der Waals surface area contributed by atoms with Crippen LogP contribution in [0.25, 0.3) is 44.3 Å². The van der Waals surface area contributed by atoms with Gasteiger partial charge < -0.3 is 18.9 Å². The molecule has 0 spiro atoms. The van der Waals surface area contributed by atoms with Gasteiger partial charge in [0.25, 0.3) is 0 Å². The quantitative estimate of drug-likeness (QED) is 0.128. The van der Waals surface area contributed by atoms with Crippen molar-refractivity contribution in [3.8, 4) is 45.5 Å². The number of benzene rings is 3. The lowest BCUT2D eigenvalue weighted by atomic mass is 10.0. The van der Waals surface area contributed by atoms with E-state index in [4.69, 9.17) is 28.9 Å². The van der Waals surface area contributed by atoms with Crippen molar-refractivity contribution in [3.63, 3.8) is 0 Å². The third-order valence-corrected chi connectivity index (χ3v) is 8.43. The minimum Gasteiger partial charge on any atom is -0.493 e. The second-order valence-electron chi connectivity index (χ2n) is 11.8. The van der Waals surface area contributed by atoms with Crippen LogP contribution in [-0.4, -0.2) is 36.4 Å². The van der Waals surface area contributed by atoms with E-state index in [0.29, 0.717) is 26.4 Å². The number of aromatic nitrogens is 2. The average Bonchev–Trinajstić information content (AvgIpc) is 3.08. The van der Waals surface area contributed by atoms with E-state index in [2.05, 4.69) is 60.7 Å². The molecule has 2 aromatic heterocycles. The second kappa shape index (κ2) is 14.5. The predicted octanol–water partition coefficient (Wildman–Crippen LogP) is 9.89. The molecule has 5 aromatic rings. The Morgan fingerprint density at radius 1 is 0.391 bits per heavy atom. The van der Waals surface area contributed by atoms with Crippen molar-refractivity contribution in [2.75, 3.05) is 26.4 Å². The van der Waals surface area contributed by atoms with Crippen LogP contribution in [0.4, 0.5) is 0 Å². The Labute approximate surface area is 270 Å². The first kappa shape index (κ1) is 29.8. The van der Waals surface area contributed by atoms with Crippen molar-refractivity contribution in [3.05, 3.63) is 97.1 Å². The summed E-state index contributed by atoms with van der Waals surface area (Å²) in [5.41, 5.74) is 5.02. The SMILES string of the molecule is C1=C\CCCOc2cccc3c2-c2ccc4ccc5ccc(nc5c4n2)-c2c(cccc2OCCC/C=C\CCCO3)OCCC/1. The number of ether oxygens (including phenoxy) is 4. The van der Waals surface area contributed by atoms with Gasteiger partial charge >= 0.3 is 0 Å². The van der Waals surface area contributed by atoms with Crippen LogP contribution in [-0.2, 0) is 0 Å². The Kier molecular flexibility index (Phi) is 9.41. The highest BCUT2D eigenvalue weighted by Crippen LogP contribution is 2.41. The van der Waals surface area contributed by atoms with E-state index in [1.54, 1.807) is 0 Å². The minimum absolute atomic E-state index is 0.608. The maximum absolute atomic E-state index is 6.42. The first-order chi connectivity index (χ1) is 22.8. The van der Waals surface area contributed by atoms with E-state index >= 15 is 0 Å². The minimum atomic E-state index is 0.608. The normalized spacial score (nSPS) is 17.6. The van der Waals surface area contributed by atoms with Crippen molar-refractivity contribution in [1.82, 2.24) is 9.97 Å². The summed E-state index contributed by atoms with van der Waals surface area (Å²) < 4.78 is 25.7. The van der Waals surface area contributed by atoms with Gasteiger partial charge in [-0.3, -0.25) is 0 Å². The molecule has 6 bridgehead atoms. The summed E-state index contributed by atoms with van der Waals surface area (Å²) in [6, 6.07) is 24.7. The molecule has 0 amide bonds. The van der Waals surface area contributed by atoms with E-state index in [1.165, 1.54) is 0 Å². The van der Waals surface area contributed by atoms with Crippen molar-refractivity contribution in [2.45, 2.75) is 51.4 Å². The van der Waals surface area contributed by atoms with E-state index < -0.39 is 0 Å². The number of nitrogens with zero attached hydrogens (tertiary/aromatic N) is 2. The number of rotatable bonds is 0. The molecule has 46 heavy (non-hydrogen) atoms. The van der Waals surface area contributed by atoms with Crippen LogP contribution in [0.1, 0.15) is 51.4 Å². The summed E-state index contributed by atoms with van der Waals surface area (Å²) in [5, 5.41) is 2.04. The first-order valence-corrected chi connectivity index (χ1v) is 16.6. The zero-order chi connectivity index (χ0) is 31.0. The summed E-state index contributed by atoms with van der Waals surface area (Å²) in [6.45, 7) is 2.43. The van der Waals surface area contributed by atoms with Crippen molar-refractivity contribution < 1.29 is 18.9 Å². The summed E-state index contributed by atoms with van der Waals surface area (Å²) in [4.78, 5) is 10.5. The monoisotopic (exact) mass is 612 g/mol. The van der Waals surface area contributed by atoms with Crippen LogP contribution in [0, 0.1) is 0 Å². The fourth-order valence-corrected chi connectivity index (χ4v) is 6.06. The molecule has 0 saturated carbocycles. The highest BCUT2D eigenvalue weighted by atomic mass is 16.5. The third-order valence-electron chi connectivity index (χ3n) is 8.43. The Morgan fingerprint density at radius 3 is 1.07 bits per heavy atom. The lowest BCUT2D eigenvalue weighted by Gasteiger charge is -2.18. The van der Waals surface area contributed by atoms with Crippen LogP contribution in [0.5, 0.6) is 23.0 Å². The predicted molar refractivity (Wildman–Crippen MR) is 185 cm³/mol. The van der Waals surface area contributed by atoms with Crippen LogP contribution in [0.3, 0.4) is 0 Å². The number of hydrogen-bond donors (Lipinski definition) is 0. The highest BCUT2D eigenvalue weighted by Gasteiger charge is 2.19. The molecule has 3 aromatic carbocycles. The smallest absolute Gasteiger partial charge is 0.132 e. The van der Waals surface area contributed by atoms with Crippen LogP contribution < -0.4 is 18.9 Å². The van der Waals surface area contributed by atoms with Gasteiger partial charge in [-0.2, -0.15) is 0 Å². The molecule has 2 aliphatic heterocycles. The Balaban J connectivity index is 1.44. The first-order valence-electron chi connectivity index (χ1n) is 16.6. The Bertz CT molecular complexity index is 1680. The molecule has 0 saturated heterocycles. The second-order valence-corrected chi connectivity index (χ2v) is 11.8. The number of hydrogen-bond acceptors (Lipinski definition) is 6. The van der Waals surface area contributed by atoms with Gasteiger partial charge in [0.15, 0.2) is 0 Å². The maximum Gasteiger partial charge on any atom is 0.132 e. The van der Waals surface area contributed by atoms with Gasteiger partial charge in [-0.25, -0.2) is 9.97 Å². The Hall–Kier alpha value is -4.84. The molecule has 6 heteroatoms. The van der Waals surface area contributed by atoms with Gasteiger partial charge in [0.2, 0.25) is 0 Å². The van der Waals surface area contributed by atoms with E-state index in [-0.39, 0.29) is 0 Å². The molecule has 0 aliphatic carbocycles. The molecular formula is C40H40N2O4. The van der Waals surface area contributed by atoms with Gasteiger partial charge in [0, 0.05) is 10.8 Å². The zero-order valence-electron chi connectivity index (χ0n) is 26.3. The fraction of sp³-hybridized carbons (Fsp3) is 0.300. The third kappa shape index (κ3) is 6.71. The van der Waals surface area contributed by atoms with Crippen LogP contribution in [0.2, 0.25) is 0 Å². The molecule has 0 atom stereocenters. The summed E-state index contributed by atoms with van der Waals surface area (Å²) in [7, 11) is 0. The topological polar surface area (TPSA) is 62.7 Å². The van der Waals surface area contributed by atoms with Crippen molar-refractivity contribution in [1.29, 1.82) is 0 Å². The van der Waals surface area contributed by atoms with Gasteiger partial charge in [-0.05, 0) is 87.8 Å². The highest BCUT2D eigenvalue weighted by molar-refractivity contribution is 6.04. The summed E-state index contributed by atoms with van der Waals surface area (Å²) >= 11 is 0. The lowest BCUT2D eigenvalue weighted by Crippen LogP contribution is -2.04. The fourth-order valence-electron chi connectivity index (χ4n) is 6.06. The molecule has 234 valence electrons. The summed E-state index contributed by atoms with van der Waals surface area (Å²) in [5.74, 6) is 3.14. The van der Waals surface area contributed by atoms with E-state index in [1.807, 2.05) is 36.4 Å². The lowest BCUT2D eigenvalue weighted by molar-refractivity contribution is 0.297.